The smallest absolute Gasteiger partial charge is 0.351 e. The summed E-state index contributed by atoms with van der Waals surface area (Å²) in [7, 11) is 2.04. The molecule has 122 valence electrons. The van der Waals surface area contributed by atoms with Crippen LogP contribution in [-0.2, 0) is 0 Å². The topological polar surface area (TPSA) is 70.8 Å². The molecule has 0 spiro atoms. The number of carbonyl (C=O) groups is 1. The third-order valence-corrected chi connectivity index (χ3v) is 4.65. The third kappa shape index (κ3) is 3.38. The second-order valence-electron chi connectivity index (χ2n) is 6.36. The van der Waals surface area contributed by atoms with E-state index in [1.165, 1.54) is 38.2 Å². The molecule has 2 aromatic rings. The Morgan fingerprint density at radius 1 is 1.26 bits per heavy atom. The van der Waals surface area contributed by atoms with E-state index in [0.29, 0.717) is 16.9 Å². The number of hydrogen-bond donors (Lipinski definition) is 1. The standard InChI is InChI=1S/C18H21NO4/c1-19(11-12-5-3-2-4-6-12)14-8-7-13-9-15(17(20)21)18(22)23-16(13)10-14/h7-10,12H,2-6,11H2,1H3,(H,20,21). The van der Waals surface area contributed by atoms with E-state index in [1.807, 2.05) is 19.2 Å². The van der Waals surface area contributed by atoms with Gasteiger partial charge in [-0.1, -0.05) is 19.3 Å². The van der Waals surface area contributed by atoms with Crippen molar-refractivity contribution in [3.05, 3.63) is 40.2 Å². The molecule has 1 heterocycles. The van der Waals surface area contributed by atoms with Crippen molar-refractivity contribution < 1.29 is 14.3 Å². The minimum absolute atomic E-state index is 0.333. The zero-order valence-electron chi connectivity index (χ0n) is 13.2. The van der Waals surface area contributed by atoms with E-state index in [2.05, 4.69) is 4.90 Å². The molecular weight excluding hydrogens is 294 g/mol. The van der Waals surface area contributed by atoms with Crippen molar-refractivity contribution in [3.63, 3.8) is 0 Å². The second-order valence-corrected chi connectivity index (χ2v) is 6.36. The maximum absolute atomic E-state index is 11.7. The van der Waals surface area contributed by atoms with Gasteiger partial charge < -0.3 is 14.4 Å². The molecule has 0 unspecified atom stereocenters. The fourth-order valence-electron chi connectivity index (χ4n) is 3.35. The van der Waals surface area contributed by atoms with Crippen LogP contribution in [-0.4, -0.2) is 24.7 Å². The Balaban J connectivity index is 1.85. The molecule has 3 rings (SSSR count). The van der Waals surface area contributed by atoms with Crippen LogP contribution in [0.3, 0.4) is 0 Å². The van der Waals surface area contributed by atoms with Gasteiger partial charge in [-0.05, 0) is 37.0 Å². The SMILES string of the molecule is CN(CC1CCCCC1)c1ccc2cc(C(=O)O)c(=O)oc2c1. The number of rotatable bonds is 4. The van der Waals surface area contributed by atoms with Gasteiger partial charge in [0.15, 0.2) is 0 Å². The predicted octanol–water partition coefficient (Wildman–Crippen LogP) is 3.51. The highest BCUT2D eigenvalue weighted by Gasteiger charge is 2.17. The van der Waals surface area contributed by atoms with E-state index in [1.54, 1.807) is 6.07 Å². The molecule has 1 fully saturated rings. The van der Waals surface area contributed by atoms with Crippen LogP contribution in [0.2, 0.25) is 0 Å². The molecule has 0 amide bonds. The number of benzene rings is 1. The first kappa shape index (κ1) is 15.6. The Morgan fingerprint density at radius 3 is 2.70 bits per heavy atom. The first-order valence-electron chi connectivity index (χ1n) is 8.07. The number of carboxylic acids is 1. The zero-order valence-corrected chi connectivity index (χ0v) is 13.2. The summed E-state index contributed by atoms with van der Waals surface area (Å²) in [5, 5.41) is 9.60. The molecule has 1 saturated carbocycles. The normalized spacial score (nSPS) is 15.7. The van der Waals surface area contributed by atoms with Crippen molar-refractivity contribution in [2.24, 2.45) is 5.92 Å². The number of hydrogen-bond acceptors (Lipinski definition) is 4. The highest BCUT2D eigenvalue weighted by molar-refractivity contribution is 5.92. The van der Waals surface area contributed by atoms with Crippen LogP contribution in [0.4, 0.5) is 5.69 Å². The van der Waals surface area contributed by atoms with Crippen molar-refractivity contribution in [2.75, 3.05) is 18.5 Å². The summed E-state index contributed by atoms with van der Waals surface area (Å²) in [6, 6.07) is 6.92. The lowest BCUT2D eigenvalue weighted by atomic mass is 9.89. The average Bonchev–Trinajstić information content (AvgIpc) is 2.54. The number of nitrogens with zero attached hydrogens (tertiary/aromatic N) is 1. The highest BCUT2D eigenvalue weighted by atomic mass is 16.4. The monoisotopic (exact) mass is 315 g/mol. The lowest BCUT2D eigenvalue weighted by molar-refractivity contribution is 0.0692. The van der Waals surface area contributed by atoms with E-state index in [-0.39, 0.29) is 5.56 Å². The van der Waals surface area contributed by atoms with Gasteiger partial charge in [-0.2, -0.15) is 0 Å². The molecular formula is C18H21NO4. The summed E-state index contributed by atoms with van der Waals surface area (Å²) in [5.41, 5.74) is 0.264. The van der Waals surface area contributed by atoms with Gasteiger partial charge in [-0.25, -0.2) is 9.59 Å². The number of fused-ring (bicyclic) bond motifs is 1. The van der Waals surface area contributed by atoms with Crippen LogP contribution in [0, 0.1) is 5.92 Å². The lowest BCUT2D eigenvalue weighted by Crippen LogP contribution is -2.26. The molecule has 5 heteroatoms. The molecule has 5 nitrogen and oxygen atoms in total. The fourth-order valence-corrected chi connectivity index (χ4v) is 3.35. The maximum Gasteiger partial charge on any atom is 0.351 e. The quantitative estimate of drug-likeness (QED) is 0.874. The van der Waals surface area contributed by atoms with Crippen molar-refractivity contribution in [1.29, 1.82) is 0 Å². The summed E-state index contributed by atoms with van der Waals surface area (Å²) in [6.45, 7) is 0.989. The van der Waals surface area contributed by atoms with Crippen molar-refractivity contribution in [3.8, 4) is 0 Å². The Labute approximate surface area is 134 Å². The van der Waals surface area contributed by atoms with E-state index in [9.17, 15) is 9.59 Å². The Bertz CT molecular complexity index is 774. The predicted molar refractivity (Wildman–Crippen MR) is 89.3 cm³/mol. The fraction of sp³-hybridized carbons (Fsp3) is 0.444. The Kier molecular flexibility index (Phi) is 4.37. The zero-order chi connectivity index (χ0) is 16.4. The van der Waals surface area contributed by atoms with Gasteiger partial charge in [0.25, 0.3) is 0 Å². The largest absolute Gasteiger partial charge is 0.477 e. The molecule has 0 bridgehead atoms. The average molecular weight is 315 g/mol. The van der Waals surface area contributed by atoms with E-state index < -0.39 is 11.6 Å². The number of anilines is 1. The lowest BCUT2D eigenvalue weighted by Gasteiger charge is -2.28. The summed E-state index contributed by atoms with van der Waals surface area (Å²) in [6.07, 6.45) is 6.50. The van der Waals surface area contributed by atoms with E-state index in [4.69, 9.17) is 9.52 Å². The van der Waals surface area contributed by atoms with Crippen LogP contribution >= 0.6 is 0 Å². The van der Waals surface area contributed by atoms with Crippen LogP contribution in [0.15, 0.2) is 33.5 Å². The molecule has 1 aliphatic carbocycles. The second kappa shape index (κ2) is 6.44. The van der Waals surface area contributed by atoms with Gasteiger partial charge >= 0.3 is 11.6 Å². The molecule has 1 aliphatic rings. The van der Waals surface area contributed by atoms with E-state index in [0.717, 1.165) is 12.2 Å². The van der Waals surface area contributed by atoms with Crippen LogP contribution < -0.4 is 10.5 Å². The summed E-state index contributed by atoms with van der Waals surface area (Å²) < 4.78 is 5.17. The Morgan fingerprint density at radius 2 is 2.00 bits per heavy atom. The summed E-state index contributed by atoms with van der Waals surface area (Å²) >= 11 is 0. The molecule has 1 aromatic carbocycles. The van der Waals surface area contributed by atoms with E-state index >= 15 is 0 Å². The molecule has 1 aromatic heterocycles. The first-order valence-corrected chi connectivity index (χ1v) is 8.07. The van der Waals surface area contributed by atoms with Gasteiger partial charge in [0, 0.05) is 30.7 Å². The molecule has 1 N–H and O–H groups in total. The summed E-state index contributed by atoms with van der Waals surface area (Å²) in [5.74, 6) is -0.551. The van der Waals surface area contributed by atoms with Gasteiger partial charge in [0.1, 0.15) is 11.1 Å². The van der Waals surface area contributed by atoms with Crippen LogP contribution in [0.1, 0.15) is 42.5 Å². The van der Waals surface area contributed by atoms with Crippen LogP contribution in [0.25, 0.3) is 11.0 Å². The van der Waals surface area contributed by atoms with Gasteiger partial charge in [-0.3, -0.25) is 0 Å². The van der Waals surface area contributed by atoms with Crippen molar-refractivity contribution in [1.82, 2.24) is 0 Å². The molecule has 23 heavy (non-hydrogen) atoms. The molecule has 0 saturated heterocycles. The third-order valence-electron chi connectivity index (χ3n) is 4.65. The van der Waals surface area contributed by atoms with Crippen molar-refractivity contribution >= 4 is 22.6 Å². The molecule has 0 aliphatic heterocycles. The maximum atomic E-state index is 11.7. The first-order chi connectivity index (χ1) is 11.0. The number of carboxylic acid groups (broad SMARTS) is 1. The van der Waals surface area contributed by atoms with Crippen molar-refractivity contribution in [2.45, 2.75) is 32.1 Å². The van der Waals surface area contributed by atoms with Gasteiger partial charge in [0.2, 0.25) is 0 Å². The summed E-state index contributed by atoms with van der Waals surface area (Å²) in [4.78, 5) is 24.9. The minimum Gasteiger partial charge on any atom is -0.477 e. The molecule has 0 radical (unpaired) electrons. The van der Waals surface area contributed by atoms with Gasteiger partial charge in [0.05, 0.1) is 0 Å². The number of aromatic carboxylic acids is 1. The van der Waals surface area contributed by atoms with Crippen LogP contribution in [0.5, 0.6) is 0 Å². The molecule has 0 atom stereocenters. The Hall–Kier alpha value is -2.30. The minimum atomic E-state index is -1.26. The highest BCUT2D eigenvalue weighted by Crippen LogP contribution is 2.27. The van der Waals surface area contributed by atoms with Gasteiger partial charge in [-0.15, -0.1) is 0 Å².